The van der Waals surface area contributed by atoms with Crippen molar-refractivity contribution in [3.63, 3.8) is 0 Å². The van der Waals surface area contributed by atoms with E-state index in [4.69, 9.17) is 5.11 Å². The summed E-state index contributed by atoms with van der Waals surface area (Å²) in [5.74, 6) is -0.103. The first-order valence-corrected chi connectivity index (χ1v) is 6.06. The number of aliphatic carboxylic acids is 1. The van der Waals surface area contributed by atoms with Gasteiger partial charge in [0.1, 0.15) is 0 Å². The third kappa shape index (κ3) is 3.76. The van der Waals surface area contributed by atoms with Crippen molar-refractivity contribution in [1.82, 2.24) is 9.80 Å². The summed E-state index contributed by atoms with van der Waals surface area (Å²) in [7, 11) is 2.08. The number of nitrogens with zero attached hydrogens (tertiary/aromatic N) is 2. The van der Waals surface area contributed by atoms with Gasteiger partial charge in [0, 0.05) is 31.7 Å². The predicted molar refractivity (Wildman–Crippen MR) is 64.5 cm³/mol. The van der Waals surface area contributed by atoms with Gasteiger partial charge in [0.15, 0.2) is 0 Å². The summed E-state index contributed by atoms with van der Waals surface area (Å²) >= 11 is 0. The standard InChI is InChI=1S/C12H24N2O2/c1-9(2)6-14-7-10(3)13(4)8-11(14)5-12(15)16/h9-11H,5-8H2,1-4H3,(H,15,16). The Labute approximate surface area is 98.2 Å². The van der Waals surface area contributed by atoms with Crippen LogP contribution in [-0.2, 0) is 4.79 Å². The summed E-state index contributed by atoms with van der Waals surface area (Å²) in [5.41, 5.74) is 0. The minimum absolute atomic E-state index is 0.168. The highest BCUT2D eigenvalue weighted by molar-refractivity contribution is 5.67. The lowest BCUT2D eigenvalue weighted by Crippen LogP contribution is -2.57. The molecule has 2 atom stereocenters. The van der Waals surface area contributed by atoms with Gasteiger partial charge in [-0.15, -0.1) is 0 Å². The van der Waals surface area contributed by atoms with E-state index >= 15 is 0 Å². The molecule has 0 radical (unpaired) electrons. The molecule has 1 aliphatic rings. The molecule has 2 unspecified atom stereocenters. The largest absolute Gasteiger partial charge is 0.481 e. The van der Waals surface area contributed by atoms with Gasteiger partial charge in [-0.2, -0.15) is 0 Å². The van der Waals surface area contributed by atoms with E-state index in [9.17, 15) is 4.79 Å². The maximum atomic E-state index is 10.8. The third-order valence-corrected chi connectivity index (χ3v) is 3.28. The van der Waals surface area contributed by atoms with Gasteiger partial charge in [-0.1, -0.05) is 13.8 Å². The molecule has 0 amide bonds. The van der Waals surface area contributed by atoms with Gasteiger partial charge in [-0.25, -0.2) is 0 Å². The smallest absolute Gasteiger partial charge is 0.304 e. The molecule has 1 rings (SSSR count). The monoisotopic (exact) mass is 228 g/mol. The second-order valence-corrected chi connectivity index (χ2v) is 5.39. The Morgan fingerprint density at radius 3 is 2.56 bits per heavy atom. The fraction of sp³-hybridized carbons (Fsp3) is 0.917. The number of carboxylic acids is 1. The molecule has 1 fully saturated rings. The molecule has 0 spiro atoms. The van der Waals surface area contributed by atoms with Crippen molar-refractivity contribution in [2.24, 2.45) is 5.92 Å². The second-order valence-electron chi connectivity index (χ2n) is 5.39. The van der Waals surface area contributed by atoms with Crippen LogP contribution in [0, 0.1) is 5.92 Å². The highest BCUT2D eigenvalue weighted by atomic mass is 16.4. The number of carbonyl (C=O) groups is 1. The molecule has 1 N–H and O–H groups in total. The zero-order chi connectivity index (χ0) is 12.3. The number of rotatable bonds is 4. The van der Waals surface area contributed by atoms with Crippen molar-refractivity contribution in [2.45, 2.75) is 39.3 Å². The molecule has 0 aliphatic carbocycles. The molecule has 4 nitrogen and oxygen atoms in total. The van der Waals surface area contributed by atoms with Crippen LogP contribution in [0.1, 0.15) is 27.2 Å². The van der Waals surface area contributed by atoms with Gasteiger partial charge in [0.2, 0.25) is 0 Å². The molecular weight excluding hydrogens is 204 g/mol. The number of hydrogen-bond acceptors (Lipinski definition) is 3. The summed E-state index contributed by atoms with van der Waals surface area (Å²) in [6.45, 7) is 9.40. The topological polar surface area (TPSA) is 43.8 Å². The second kappa shape index (κ2) is 5.64. The summed E-state index contributed by atoms with van der Waals surface area (Å²) < 4.78 is 0. The molecule has 1 heterocycles. The maximum Gasteiger partial charge on any atom is 0.304 e. The van der Waals surface area contributed by atoms with Crippen LogP contribution in [-0.4, -0.2) is 59.6 Å². The fourth-order valence-electron chi connectivity index (χ4n) is 2.34. The van der Waals surface area contributed by atoms with Crippen molar-refractivity contribution in [1.29, 1.82) is 0 Å². The van der Waals surface area contributed by atoms with Crippen LogP contribution in [0.3, 0.4) is 0 Å². The summed E-state index contributed by atoms with van der Waals surface area (Å²) in [6, 6.07) is 0.685. The van der Waals surface area contributed by atoms with E-state index in [2.05, 4.69) is 37.6 Å². The molecule has 1 aliphatic heterocycles. The summed E-state index contributed by atoms with van der Waals surface area (Å²) in [6.07, 6.45) is 0.254. The van der Waals surface area contributed by atoms with Gasteiger partial charge in [0.25, 0.3) is 0 Å². The minimum atomic E-state index is -0.693. The number of piperazine rings is 1. The Morgan fingerprint density at radius 1 is 1.44 bits per heavy atom. The van der Waals surface area contributed by atoms with E-state index in [0.717, 1.165) is 19.6 Å². The molecule has 0 aromatic rings. The Kier molecular flexibility index (Phi) is 4.74. The van der Waals surface area contributed by atoms with Crippen molar-refractivity contribution >= 4 is 5.97 Å². The quantitative estimate of drug-likeness (QED) is 0.783. The average Bonchev–Trinajstić information content (AvgIpc) is 2.11. The molecule has 0 aromatic heterocycles. The Morgan fingerprint density at radius 2 is 2.06 bits per heavy atom. The van der Waals surface area contributed by atoms with Gasteiger partial charge < -0.3 is 10.0 Å². The Balaban J connectivity index is 2.63. The van der Waals surface area contributed by atoms with Crippen LogP contribution in [0.15, 0.2) is 0 Å². The lowest BCUT2D eigenvalue weighted by molar-refractivity contribution is -0.139. The summed E-state index contributed by atoms with van der Waals surface area (Å²) in [5, 5.41) is 8.92. The Hall–Kier alpha value is -0.610. The van der Waals surface area contributed by atoms with Crippen molar-refractivity contribution in [3.8, 4) is 0 Å². The van der Waals surface area contributed by atoms with Crippen LogP contribution in [0.25, 0.3) is 0 Å². The molecule has 4 heteroatoms. The van der Waals surface area contributed by atoms with Gasteiger partial charge in [0.05, 0.1) is 6.42 Å². The van der Waals surface area contributed by atoms with Crippen LogP contribution >= 0.6 is 0 Å². The molecule has 16 heavy (non-hydrogen) atoms. The first kappa shape index (κ1) is 13.5. The van der Waals surface area contributed by atoms with E-state index in [-0.39, 0.29) is 12.5 Å². The fourth-order valence-corrected chi connectivity index (χ4v) is 2.34. The van der Waals surface area contributed by atoms with Crippen LogP contribution in [0.2, 0.25) is 0 Å². The molecule has 94 valence electrons. The van der Waals surface area contributed by atoms with E-state index < -0.39 is 5.97 Å². The maximum absolute atomic E-state index is 10.8. The average molecular weight is 228 g/mol. The van der Waals surface area contributed by atoms with E-state index in [1.54, 1.807) is 0 Å². The molecular formula is C12H24N2O2. The molecule has 0 saturated carbocycles. The molecule has 0 bridgehead atoms. The normalized spacial score (nSPS) is 28.6. The Bertz CT molecular complexity index is 243. The highest BCUT2D eigenvalue weighted by Gasteiger charge is 2.30. The van der Waals surface area contributed by atoms with E-state index in [1.807, 2.05) is 0 Å². The van der Waals surface area contributed by atoms with Gasteiger partial charge in [-0.3, -0.25) is 9.69 Å². The van der Waals surface area contributed by atoms with E-state index in [0.29, 0.717) is 12.0 Å². The molecule has 1 saturated heterocycles. The van der Waals surface area contributed by atoms with Gasteiger partial charge >= 0.3 is 5.97 Å². The lowest BCUT2D eigenvalue weighted by Gasteiger charge is -2.44. The molecule has 0 aromatic carbocycles. The third-order valence-electron chi connectivity index (χ3n) is 3.28. The zero-order valence-corrected chi connectivity index (χ0v) is 10.8. The van der Waals surface area contributed by atoms with E-state index in [1.165, 1.54) is 0 Å². The number of carboxylic acid groups (broad SMARTS) is 1. The SMILES string of the molecule is CC(C)CN1CC(C)N(C)CC1CC(=O)O. The van der Waals surface area contributed by atoms with Crippen LogP contribution in [0.4, 0.5) is 0 Å². The first-order chi connectivity index (χ1) is 7.40. The minimum Gasteiger partial charge on any atom is -0.481 e. The highest BCUT2D eigenvalue weighted by Crippen LogP contribution is 2.17. The lowest BCUT2D eigenvalue weighted by atomic mass is 10.0. The zero-order valence-electron chi connectivity index (χ0n) is 10.8. The number of hydrogen-bond donors (Lipinski definition) is 1. The van der Waals surface area contributed by atoms with Crippen LogP contribution < -0.4 is 0 Å². The summed E-state index contributed by atoms with van der Waals surface area (Å²) in [4.78, 5) is 15.4. The van der Waals surface area contributed by atoms with Gasteiger partial charge in [-0.05, 0) is 19.9 Å². The van der Waals surface area contributed by atoms with Crippen molar-refractivity contribution in [3.05, 3.63) is 0 Å². The number of likely N-dealkylation sites (N-methyl/N-ethyl adjacent to an activating group) is 1. The van der Waals surface area contributed by atoms with Crippen LogP contribution in [0.5, 0.6) is 0 Å². The first-order valence-electron chi connectivity index (χ1n) is 6.06. The predicted octanol–water partition coefficient (Wildman–Crippen LogP) is 1.12. The van der Waals surface area contributed by atoms with Crippen molar-refractivity contribution in [2.75, 3.05) is 26.7 Å². The van der Waals surface area contributed by atoms with Crippen molar-refractivity contribution < 1.29 is 9.90 Å².